The molecular weight excluding hydrogens is 364 g/mol. The monoisotopic (exact) mass is 390 g/mol. The SMILES string of the molecule is Cc1cccn2cc(CNC(=O)C3CC(=O)N(c4ccc(C(C)C)cc4)C3)nc12. The number of amides is 2. The predicted octanol–water partition coefficient (Wildman–Crippen LogP) is 3.44. The van der Waals surface area contributed by atoms with Gasteiger partial charge < -0.3 is 14.6 Å². The Balaban J connectivity index is 1.39. The van der Waals surface area contributed by atoms with Crippen molar-refractivity contribution in [1.29, 1.82) is 0 Å². The molecule has 6 nitrogen and oxygen atoms in total. The molecule has 6 heteroatoms. The van der Waals surface area contributed by atoms with Gasteiger partial charge >= 0.3 is 0 Å². The number of carbonyl (C=O) groups is 2. The van der Waals surface area contributed by atoms with Gasteiger partial charge in [-0.2, -0.15) is 0 Å². The summed E-state index contributed by atoms with van der Waals surface area (Å²) in [5.41, 5.74) is 4.87. The van der Waals surface area contributed by atoms with Gasteiger partial charge in [-0.25, -0.2) is 4.98 Å². The van der Waals surface area contributed by atoms with Crippen LogP contribution in [0.3, 0.4) is 0 Å². The third-order valence-corrected chi connectivity index (χ3v) is 5.54. The lowest BCUT2D eigenvalue weighted by Gasteiger charge is -2.17. The maximum absolute atomic E-state index is 12.6. The molecule has 2 amide bonds. The van der Waals surface area contributed by atoms with E-state index in [4.69, 9.17) is 0 Å². The van der Waals surface area contributed by atoms with E-state index in [0.29, 0.717) is 19.0 Å². The van der Waals surface area contributed by atoms with Gasteiger partial charge in [0.25, 0.3) is 0 Å². The first-order valence-electron chi connectivity index (χ1n) is 10.0. The number of hydrogen-bond donors (Lipinski definition) is 1. The van der Waals surface area contributed by atoms with Crippen molar-refractivity contribution in [2.75, 3.05) is 11.4 Å². The summed E-state index contributed by atoms with van der Waals surface area (Å²) in [6.07, 6.45) is 4.10. The summed E-state index contributed by atoms with van der Waals surface area (Å²) < 4.78 is 1.96. The Morgan fingerprint density at radius 1 is 1.24 bits per heavy atom. The Morgan fingerprint density at radius 2 is 2.00 bits per heavy atom. The van der Waals surface area contributed by atoms with Crippen LogP contribution in [0.5, 0.6) is 0 Å². The topological polar surface area (TPSA) is 66.7 Å². The Hall–Kier alpha value is -3.15. The summed E-state index contributed by atoms with van der Waals surface area (Å²) in [4.78, 5) is 31.4. The number of carbonyl (C=O) groups excluding carboxylic acids is 2. The van der Waals surface area contributed by atoms with Crippen LogP contribution in [-0.4, -0.2) is 27.7 Å². The van der Waals surface area contributed by atoms with E-state index < -0.39 is 0 Å². The number of hydrogen-bond acceptors (Lipinski definition) is 3. The van der Waals surface area contributed by atoms with Crippen LogP contribution in [0.2, 0.25) is 0 Å². The van der Waals surface area contributed by atoms with Gasteiger partial charge in [0.05, 0.1) is 18.2 Å². The van der Waals surface area contributed by atoms with Crippen molar-refractivity contribution in [1.82, 2.24) is 14.7 Å². The molecule has 1 aliphatic heterocycles. The van der Waals surface area contributed by atoms with Crippen molar-refractivity contribution in [3.8, 4) is 0 Å². The molecule has 1 N–H and O–H groups in total. The fourth-order valence-corrected chi connectivity index (χ4v) is 3.78. The van der Waals surface area contributed by atoms with E-state index in [1.54, 1.807) is 4.90 Å². The molecule has 0 saturated carbocycles. The van der Waals surface area contributed by atoms with E-state index >= 15 is 0 Å². The highest BCUT2D eigenvalue weighted by atomic mass is 16.2. The molecule has 1 aromatic carbocycles. The number of nitrogens with zero attached hydrogens (tertiary/aromatic N) is 3. The van der Waals surface area contributed by atoms with Crippen molar-refractivity contribution < 1.29 is 9.59 Å². The summed E-state index contributed by atoms with van der Waals surface area (Å²) in [5, 5.41) is 2.94. The van der Waals surface area contributed by atoms with Gasteiger partial charge in [0.15, 0.2) is 0 Å². The standard InChI is InChI=1S/C23H26N4O2/c1-15(2)17-6-8-20(9-7-17)27-13-18(11-21(27)28)23(29)24-12-19-14-26-10-4-5-16(3)22(26)25-19/h4-10,14-15,18H,11-13H2,1-3H3,(H,24,29). The Kier molecular flexibility index (Phi) is 5.09. The molecule has 1 fully saturated rings. The average Bonchev–Trinajstić information content (AvgIpc) is 3.30. The van der Waals surface area contributed by atoms with Crippen LogP contribution in [0.15, 0.2) is 48.8 Å². The number of aromatic nitrogens is 2. The molecule has 4 rings (SSSR count). The van der Waals surface area contributed by atoms with E-state index in [1.807, 2.05) is 60.1 Å². The fraction of sp³-hybridized carbons (Fsp3) is 0.348. The van der Waals surface area contributed by atoms with Crippen molar-refractivity contribution >= 4 is 23.1 Å². The highest BCUT2D eigenvalue weighted by molar-refractivity contribution is 6.00. The first-order valence-corrected chi connectivity index (χ1v) is 10.0. The quantitative estimate of drug-likeness (QED) is 0.726. The van der Waals surface area contributed by atoms with Crippen molar-refractivity contribution in [2.24, 2.45) is 5.92 Å². The largest absolute Gasteiger partial charge is 0.350 e. The molecule has 0 spiro atoms. The van der Waals surface area contributed by atoms with Gasteiger partial charge in [0.1, 0.15) is 5.65 Å². The lowest BCUT2D eigenvalue weighted by molar-refractivity contribution is -0.126. The normalized spacial score (nSPS) is 16.8. The van der Waals surface area contributed by atoms with Gasteiger partial charge in [-0.05, 0) is 42.2 Å². The second-order valence-corrected chi connectivity index (χ2v) is 8.02. The Morgan fingerprint density at radius 3 is 2.69 bits per heavy atom. The first-order chi connectivity index (χ1) is 13.9. The molecular formula is C23H26N4O2. The number of imidazole rings is 1. The number of pyridine rings is 1. The van der Waals surface area contributed by atoms with Crippen LogP contribution in [-0.2, 0) is 16.1 Å². The summed E-state index contributed by atoms with van der Waals surface area (Å²) in [7, 11) is 0. The lowest BCUT2D eigenvalue weighted by Crippen LogP contribution is -2.32. The number of benzene rings is 1. The molecule has 3 aromatic rings. The summed E-state index contributed by atoms with van der Waals surface area (Å²) in [6.45, 7) is 7.06. The number of anilines is 1. The summed E-state index contributed by atoms with van der Waals surface area (Å²) in [5.74, 6) is -0.00877. The predicted molar refractivity (Wildman–Crippen MR) is 113 cm³/mol. The highest BCUT2D eigenvalue weighted by Gasteiger charge is 2.35. The molecule has 29 heavy (non-hydrogen) atoms. The second kappa shape index (κ2) is 7.70. The van der Waals surface area contributed by atoms with Crippen LogP contribution in [0.25, 0.3) is 5.65 Å². The molecule has 150 valence electrons. The Labute approximate surface area is 170 Å². The molecule has 1 atom stereocenters. The van der Waals surface area contributed by atoms with E-state index in [2.05, 4.69) is 24.1 Å². The van der Waals surface area contributed by atoms with E-state index in [-0.39, 0.29) is 24.2 Å². The number of fused-ring (bicyclic) bond motifs is 1. The third kappa shape index (κ3) is 3.88. The Bertz CT molecular complexity index is 1050. The fourth-order valence-electron chi connectivity index (χ4n) is 3.78. The number of nitrogens with one attached hydrogen (secondary N) is 1. The summed E-state index contributed by atoms with van der Waals surface area (Å²) >= 11 is 0. The van der Waals surface area contributed by atoms with Gasteiger partial charge in [-0.1, -0.05) is 32.0 Å². The molecule has 1 saturated heterocycles. The third-order valence-electron chi connectivity index (χ3n) is 5.54. The van der Waals surface area contributed by atoms with Gasteiger partial charge in [0, 0.05) is 31.0 Å². The van der Waals surface area contributed by atoms with Gasteiger partial charge in [0.2, 0.25) is 11.8 Å². The van der Waals surface area contributed by atoms with Crippen LogP contribution in [0.1, 0.15) is 43.0 Å². The van der Waals surface area contributed by atoms with Crippen molar-refractivity contribution in [2.45, 2.75) is 39.7 Å². The molecule has 0 bridgehead atoms. The summed E-state index contributed by atoms with van der Waals surface area (Å²) in [6, 6.07) is 12.0. The lowest BCUT2D eigenvalue weighted by atomic mass is 10.0. The zero-order chi connectivity index (χ0) is 20.5. The zero-order valence-electron chi connectivity index (χ0n) is 17.1. The molecule has 0 aliphatic carbocycles. The van der Waals surface area contributed by atoms with E-state index in [0.717, 1.165) is 22.6 Å². The van der Waals surface area contributed by atoms with Gasteiger partial charge in [-0.3, -0.25) is 9.59 Å². The smallest absolute Gasteiger partial charge is 0.227 e. The minimum atomic E-state index is -0.342. The zero-order valence-corrected chi connectivity index (χ0v) is 17.1. The van der Waals surface area contributed by atoms with E-state index in [1.165, 1.54) is 5.56 Å². The van der Waals surface area contributed by atoms with E-state index in [9.17, 15) is 9.59 Å². The maximum atomic E-state index is 12.6. The average molecular weight is 390 g/mol. The molecule has 1 aliphatic rings. The van der Waals surface area contributed by atoms with Crippen LogP contribution in [0, 0.1) is 12.8 Å². The second-order valence-electron chi connectivity index (χ2n) is 8.02. The minimum absolute atomic E-state index is 0.00852. The van der Waals surface area contributed by atoms with Gasteiger partial charge in [-0.15, -0.1) is 0 Å². The molecule has 2 aromatic heterocycles. The minimum Gasteiger partial charge on any atom is -0.350 e. The van der Waals surface area contributed by atoms with Crippen molar-refractivity contribution in [3.63, 3.8) is 0 Å². The highest BCUT2D eigenvalue weighted by Crippen LogP contribution is 2.27. The van der Waals surface area contributed by atoms with Crippen LogP contribution in [0.4, 0.5) is 5.69 Å². The molecule has 0 radical (unpaired) electrons. The number of aryl methyl sites for hydroxylation is 1. The van der Waals surface area contributed by atoms with Crippen molar-refractivity contribution in [3.05, 3.63) is 65.6 Å². The number of rotatable bonds is 5. The maximum Gasteiger partial charge on any atom is 0.227 e. The van der Waals surface area contributed by atoms with Crippen LogP contribution >= 0.6 is 0 Å². The molecule has 1 unspecified atom stereocenters. The molecule has 3 heterocycles. The van der Waals surface area contributed by atoms with Crippen LogP contribution < -0.4 is 10.2 Å². The first kappa shape index (κ1) is 19.2.